The van der Waals surface area contributed by atoms with Crippen molar-refractivity contribution in [2.24, 2.45) is 0 Å². The molecule has 18 heavy (non-hydrogen) atoms. The Morgan fingerprint density at radius 2 is 1.72 bits per heavy atom. The third-order valence-corrected chi connectivity index (χ3v) is 2.87. The lowest BCUT2D eigenvalue weighted by atomic mass is 10.1. The molecule has 88 valence electrons. The summed E-state index contributed by atoms with van der Waals surface area (Å²) in [6.45, 7) is 2.01. The van der Waals surface area contributed by atoms with E-state index in [9.17, 15) is 0 Å². The van der Waals surface area contributed by atoms with Crippen molar-refractivity contribution in [2.75, 3.05) is 0 Å². The van der Waals surface area contributed by atoms with Gasteiger partial charge in [0, 0.05) is 23.0 Å². The number of nitrogens with one attached hydrogen (secondary N) is 1. The highest BCUT2D eigenvalue weighted by molar-refractivity contribution is 5.67. The normalized spacial score (nSPS) is 10.5. The maximum absolute atomic E-state index is 4.31. The van der Waals surface area contributed by atoms with Crippen LogP contribution in [0.4, 0.5) is 0 Å². The van der Waals surface area contributed by atoms with Gasteiger partial charge in [0.1, 0.15) is 6.33 Å². The van der Waals surface area contributed by atoms with Crippen LogP contribution in [-0.2, 0) is 0 Å². The molecule has 0 saturated heterocycles. The number of hydrogen-bond acceptors (Lipinski definition) is 3. The topological polar surface area (TPSA) is 54.5 Å². The van der Waals surface area contributed by atoms with Crippen molar-refractivity contribution in [1.29, 1.82) is 0 Å². The minimum absolute atomic E-state index is 0.926. The van der Waals surface area contributed by atoms with Crippen LogP contribution in [0.25, 0.3) is 22.5 Å². The summed E-state index contributed by atoms with van der Waals surface area (Å²) in [4.78, 5) is 15.5. The number of rotatable bonds is 2. The van der Waals surface area contributed by atoms with Gasteiger partial charge in [-0.3, -0.25) is 0 Å². The van der Waals surface area contributed by atoms with E-state index in [0.29, 0.717) is 0 Å². The molecule has 1 aromatic carbocycles. The number of aromatic amines is 1. The summed E-state index contributed by atoms with van der Waals surface area (Å²) in [7, 11) is 0. The van der Waals surface area contributed by atoms with E-state index in [2.05, 4.69) is 32.1 Å². The minimum atomic E-state index is 0.926. The summed E-state index contributed by atoms with van der Waals surface area (Å²) in [5.41, 5.74) is 5.17. The molecule has 0 radical (unpaired) electrons. The summed E-state index contributed by atoms with van der Waals surface area (Å²) < 4.78 is 0. The molecule has 0 saturated carbocycles. The number of H-pyrrole nitrogens is 1. The standard InChI is InChI=1S/C14H12N4/c1-10-14(18-9-16-10)12-4-2-11(3-5-12)13-6-7-15-8-17-13/h2-9H,1H3,(H,16,18). The van der Waals surface area contributed by atoms with Crippen LogP contribution in [-0.4, -0.2) is 19.9 Å². The van der Waals surface area contributed by atoms with Gasteiger partial charge in [-0.05, 0) is 13.0 Å². The Kier molecular flexibility index (Phi) is 2.61. The van der Waals surface area contributed by atoms with Crippen molar-refractivity contribution in [3.63, 3.8) is 0 Å². The number of imidazole rings is 1. The lowest BCUT2D eigenvalue weighted by Crippen LogP contribution is -1.85. The molecule has 0 fully saturated rings. The zero-order chi connectivity index (χ0) is 12.4. The number of hydrogen-bond donors (Lipinski definition) is 1. The summed E-state index contributed by atoms with van der Waals surface area (Å²) in [5.74, 6) is 0. The third kappa shape index (κ3) is 1.88. The molecule has 0 amide bonds. The van der Waals surface area contributed by atoms with E-state index in [1.165, 1.54) is 0 Å². The number of aryl methyl sites for hydroxylation is 1. The Labute approximate surface area is 105 Å². The maximum atomic E-state index is 4.31. The smallest absolute Gasteiger partial charge is 0.116 e. The average Bonchev–Trinajstić information content (AvgIpc) is 2.86. The van der Waals surface area contributed by atoms with E-state index in [1.807, 2.05) is 25.1 Å². The van der Waals surface area contributed by atoms with Crippen molar-refractivity contribution in [3.8, 4) is 22.5 Å². The van der Waals surface area contributed by atoms with Gasteiger partial charge in [-0.2, -0.15) is 0 Å². The fourth-order valence-electron chi connectivity index (χ4n) is 1.91. The van der Waals surface area contributed by atoms with E-state index in [0.717, 1.165) is 28.2 Å². The molecule has 0 atom stereocenters. The van der Waals surface area contributed by atoms with Gasteiger partial charge in [-0.1, -0.05) is 24.3 Å². The van der Waals surface area contributed by atoms with E-state index in [1.54, 1.807) is 18.9 Å². The number of nitrogens with zero attached hydrogens (tertiary/aromatic N) is 3. The molecular formula is C14H12N4. The first kappa shape index (κ1) is 10.7. The van der Waals surface area contributed by atoms with Crippen LogP contribution in [0, 0.1) is 6.92 Å². The summed E-state index contributed by atoms with van der Waals surface area (Å²) in [6.07, 6.45) is 5.01. The largest absolute Gasteiger partial charge is 0.348 e. The average molecular weight is 236 g/mol. The summed E-state index contributed by atoms with van der Waals surface area (Å²) >= 11 is 0. The SMILES string of the molecule is Cc1[nH]cnc1-c1ccc(-c2ccncn2)cc1. The molecule has 4 nitrogen and oxygen atoms in total. The zero-order valence-corrected chi connectivity index (χ0v) is 9.96. The quantitative estimate of drug-likeness (QED) is 0.744. The predicted octanol–water partition coefficient (Wildman–Crippen LogP) is 2.84. The molecule has 0 aliphatic carbocycles. The monoisotopic (exact) mass is 236 g/mol. The molecule has 4 heteroatoms. The summed E-state index contributed by atoms with van der Waals surface area (Å²) in [6, 6.07) is 10.1. The Morgan fingerprint density at radius 3 is 2.33 bits per heavy atom. The minimum Gasteiger partial charge on any atom is -0.348 e. The third-order valence-electron chi connectivity index (χ3n) is 2.87. The molecule has 0 spiro atoms. The van der Waals surface area contributed by atoms with E-state index < -0.39 is 0 Å². The van der Waals surface area contributed by atoms with Crippen LogP contribution >= 0.6 is 0 Å². The van der Waals surface area contributed by atoms with Crippen LogP contribution in [0.1, 0.15) is 5.69 Å². The fraction of sp³-hybridized carbons (Fsp3) is 0.0714. The first-order valence-corrected chi connectivity index (χ1v) is 5.71. The van der Waals surface area contributed by atoms with Crippen LogP contribution in [0.2, 0.25) is 0 Å². The zero-order valence-electron chi connectivity index (χ0n) is 9.96. The highest BCUT2D eigenvalue weighted by Gasteiger charge is 2.05. The molecular weight excluding hydrogens is 224 g/mol. The van der Waals surface area contributed by atoms with Crippen LogP contribution < -0.4 is 0 Å². The molecule has 0 bridgehead atoms. The van der Waals surface area contributed by atoms with Crippen molar-refractivity contribution >= 4 is 0 Å². The molecule has 2 heterocycles. The molecule has 1 N–H and O–H groups in total. The van der Waals surface area contributed by atoms with Gasteiger partial charge < -0.3 is 4.98 Å². The number of aromatic nitrogens is 4. The van der Waals surface area contributed by atoms with Crippen molar-refractivity contribution in [1.82, 2.24) is 19.9 Å². The Bertz CT molecular complexity index is 641. The highest BCUT2D eigenvalue weighted by atomic mass is 14.9. The van der Waals surface area contributed by atoms with Gasteiger partial charge in [0.25, 0.3) is 0 Å². The van der Waals surface area contributed by atoms with Crippen LogP contribution in [0.15, 0.2) is 49.2 Å². The lowest BCUT2D eigenvalue weighted by molar-refractivity contribution is 1.17. The van der Waals surface area contributed by atoms with Crippen molar-refractivity contribution < 1.29 is 0 Å². The Morgan fingerprint density at radius 1 is 0.944 bits per heavy atom. The van der Waals surface area contributed by atoms with Gasteiger partial charge in [-0.25, -0.2) is 15.0 Å². The molecule has 3 rings (SSSR count). The second kappa shape index (κ2) is 4.41. The molecule has 3 aromatic rings. The predicted molar refractivity (Wildman–Crippen MR) is 69.8 cm³/mol. The van der Waals surface area contributed by atoms with Gasteiger partial charge in [0.05, 0.1) is 17.7 Å². The Hall–Kier alpha value is -2.49. The molecule has 2 aromatic heterocycles. The van der Waals surface area contributed by atoms with Crippen molar-refractivity contribution in [3.05, 3.63) is 54.9 Å². The van der Waals surface area contributed by atoms with Gasteiger partial charge >= 0.3 is 0 Å². The van der Waals surface area contributed by atoms with Crippen LogP contribution in [0.3, 0.4) is 0 Å². The van der Waals surface area contributed by atoms with E-state index in [-0.39, 0.29) is 0 Å². The molecule has 0 aliphatic heterocycles. The van der Waals surface area contributed by atoms with E-state index >= 15 is 0 Å². The second-order valence-electron chi connectivity index (χ2n) is 4.05. The summed E-state index contributed by atoms with van der Waals surface area (Å²) in [5, 5.41) is 0. The van der Waals surface area contributed by atoms with Gasteiger partial charge in [0.15, 0.2) is 0 Å². The number of benzene rings is 1. The van der Waals surface area contributed by atoms with Crippen molar-refractivity contribution in [2.45, 2.75) is 6.92 Å². The first-order chi connectivity index (χ1) is 8.84. The fourth-order valence-corrected chi connectivity index (χ4v) is 1.91. The van der Waals surface area contributed by atoms with Gasteiger partial charge in [0.2, 0.25) is 0 Å². The lowest BCUT2D eigenvalue weighted by Gasteiger charge is -2.02. The highest BCUT2D eigenvalue weighted by Crippen LogP contribution is 2.23. The van der Waals surface area contributed by atoms with E-state index in [4.69, 9.17) is 0 Å². The van der Waals surface area contributed by atoms with Crippen LogP contribution in [0.5, 0.6) is 0 Å². The van der Waals surface area contributed by atoms with Gasteiger partial charge in [-0.15, -0.1) is 0 Å². The maximum Gasteiger partial charge on any atom is 0.116 e. The Balaban J connectivity index is 1.97. The molecule has 0 unspecified atom stereocenters. The molecule has 0 aliphatic rings. The first-order valence-electron chi connectivity index (χ1n) is 5.71. The second-order valence-corrected chi connectivity index (χ2v) is 4.05.